The second-order valence-corrected chi connectivity index (χ2v) is 8.81. The van der Waals surface area contributed by atoms with E-state index in [1.54, 1.807) is 12.1 Å². The number of benzene rings is 3. The Morgan fingerprint density at radius 1 is 0.758 bits per heavy atom. The minimum atomic E-state index is -0.718. The predicted molar refractivity (Wildman–Crippen MR) is 124 cm³/mol. The van der Waals surface area contributed by atoms with Crippen LogP contribution in [0.2, 0.25) is 0 Å². The van der Waals surface area contributed by atoms with E-state index in [4.69, 9.17) is 0 Å². The second-order valence-electron chi connectivity index (χ2n) is 8.81. The number of likely N-dealkylation sites (tertiary alicyclic amines) is 1. The molecule has 0 saturated carbocycles. The molecule has 2 amide bonds. The average Bonchev–Trinajstić information content (AvgIpc) is 3.33. The van der Waals surface area contributed by atoms with Crippen LogP contribution in [0.1, 0.15) is 33.1 Å². The Bertz CT molecular complexity index is 1280. The highest BCUT2D eigenvalue weighted by Crippen LogP contribution is 2.53. The first-order valence-electron chi connectivity index (χ1n) is 11.2. The summed E-state index contributed by atoms with van der Waals surface area (Å²) in [6, 6.07) is 25.4. The van der Waals surface area contributed by atoms with Gasteiger partial charge in [-0.25, -0.2) is 0 Å². The van der Waals surface area contributed by atoms with Crippen molar-refractivity contribution >= 4 is 23.7 Å². The van der Waals surface area contributed by atoms with Gasteiger partial charge in [0.25, 0.3) is 0 Å². The number of amides is 2. The van der Waals surface area contributed by atoms with Crippen LogP contribution in [0.25, 0.3) is 6.08 Å². The van der Waals surface area contributed by atoms with E-state index < -0.39 is 17.9 Å². The summed E-state index contributed by atoms with van der Waals surface area (Å²) >= 11 is 0. The van der Waals surface area contributed by atoms with Crippen LogP contribution in [0.4, 0.5) is 0 Å². The molecule has 33 heavy (non-hydrogen) atoms. The fourth-order valence-electron chi connectivity index (χ4n) is 5.61. The third-order valence-electron chi connectivity index (χ3n) is 7.06. The first-order chi connectivity index (χ1) is 16.1. The minimum Gasteiger partial charge on any atom is -0.358 e. The molecule has 0 radical (unpaired) electrons. The summed E-state index contributed by atoms with van der Waals surface area (Å²) in [5.41, 5.74) is 3.45. The molecule has 2 saturated heterocycles. The van der Waals surface area contributed by atoms with Gasteiger partial charge in [0.15, 0.2) is 5.78 Å². The molecule has 3 heterocycles. The summed E-state index contributed by atoms with van der Waals surface area (Å²) in [6.07, 6.45) is 3.85. The van der Waals surface area contributed by atoms with Gasteiger partial charge in [-0.3, -0.25) is 19.3 Å². The van der Waals surface area contributed by atoms with E-state index in [-0.39, 0.29) is 30.2 Å². The smallest absolute Gasteiger partial charge is 0.236 e. The van der Waals surface area contributed by atoms with Gasteiger partial charge in [-0.15, -0.1) is 0 Å². The molecule has 4 atom stereocenters. The highest BCUT2D eigenvalue weighted by atomic mass is 16.2. The molecule has 0 unspecified atom stereocenters. The molecule has 162 valence electrons. The summed E-state index contributed by atoms with van der Waals surface area (Å²) in [4.78, 5) is 44.4. The highest BCUT2D eigenvalue weighted by molar-refractivity contribution is 6.12. The van der Waals surface area contributed by atoms with E-state index in [1.807, 2.05) is 90.0 Å². The predicted octanol–water partition coefficient (Wildman–Crippen LogP) is 4.08. The van der Waals surface area contributed by atoms with Gasteiger partial charge in [0.1, 0.15) is 6.04 Å². The number of ketones is 1. The van der Waals surface area contributed by atoms with Crippen molar-refractivity contribution in [2.24, 2.45) is 11.8 Å². The third-order valence-corrected chi connectivity index (χ3v) is 7.06. The second kappa shape index (κ2) is 7.55. The monoisotopic (exact) mass is 434 g/mol. The van der Waals surface area contributed by atoms with Crippen molar-refractivity contribution in [3.8, 4) is 0 Å². The molecule has 3 aliphatic heterocycles. The molecular formula is C28H22N2O3. The molecule has 3 aromatic rings. The lowest BCUT2D eigenvalue weighted by Gasteiger charge is -2.35. The van der Waals surface area contributed by atoms with Crippen LogP contribution in [0.3, 0.4) is 0 Å². The van der Waals surface area contributed by atoms with Crippen molar-refractivity contribution in [3.05, 3.63) is 113 Å². The van der Waals surface area contributed by atoms with Crippen LogP contribution >= 0.6 is 0 Å². The number of Topliss-reactive ketones (excluding diaryl/α,β-unsaturated/α-hetero) is 1. The standard InChI is InChI=1S/C28H22N2O3/c31-26(20-12-5-2-6-13-20)25-23-22(24-21-14-8-7-11-19(21)15-16-29(24)25)27(32)30(28(23)33)17-18-9-3-1-4-10-18/h1-16,22-25H,17H2/t22-,23+,24+,25-/m0/s1. The van der Waals surface area contributed by atoms with Gasteiger partial charge in [0, 0.05) is 11.8 Å². The first kappa shape index (κ1) is 19.7. The summed E-state index contributed by atoms with van der Waals surface area (Å²) in [5, 5.41) is 0. The van der Waals surface area contributed by atoms with Crippen molar-refractivity contribution in [1.82, 2.24) is 9.80 Å². The molecule has 0 N–H and O–H groups in total. The van der Waals surface area contributed by atoms with Crippen molar-refractivity contribution in [2.45, 2.75) is 18.6 Å². The SMILES string of the molecule is O=C(c1ccccc1)[C@@H]1[C@@H]2C(=O)N(Cc3ccccc3)C(=O)[C@@H]2[C@H]2c3ccccc3C=CN12. The van der Waals surface area contributed by atoms with Crippen LogP contribution in [0, 0.1) is 11.8 Å². The van der Waals surface area contributed by atoms with E-state index >= 15 is 0 Å². The van der Waals surface area contributed by atoms with E-state index in [0.717, 1.165) is 16.7 Å². The van der Waals surface area contributed by atoms with Crippen LogP contribution in [-0.4, -0.2) is 33.4 Å². The highest BCUT2D eigenvalue weighted by Gasteiger charge is 2.64. The van der Waals surface area contributed by atoms with E-state index in [1.165, 1.54) is 4.90 Å². The van der Waals surface area contributed by atoms with Gasteiger partial charge in [-0.1, -0.05) is 84.9 Å². The van der Waals surface area contributed by atoms with Crippen LogP contribution in [0.15, 0.2) is 91.1 Å². The average molecular weight is 434 g/mol. The summed E-state index contributed by atoms with van der Waals surface area (Å²) < 4.78 is 0. The van der Waals surface area contributed by atoms with Gasteiger partial charge < -0.3 is 4.90 Å². The minimum absolute atomic E-state index is 0.125. The van der Waals surface area contributed by atoms with E-state index in [0.29, 0.717) is 5.56 Å². The zero-order chi connectivity index (χ0) is 22.5. The van der Waals surface area contributed by atoms with Gasteiger partial charge in [0.05, 0.1) is 24.4 Å². The summed E-state index contributed by atoms with van der Waals surface area (Å²) in [7, 11) is 0. The number of carbonyl (C=O) groups is 3. The van der Waals surface area contributed by atoms with Crippen molar-refractivity contribution in [2.75, 3.05) is 0 Å². The van der Waals surface area contributed by atoms with E-state index in [2.05, 4.69) is 0 Å². The Morgan fingerprint density at radius 3 is 2.15 bits per heavy atom. The topological polar surface area (TPSA) is 57.7 Å². The third kappa shape index (κ3) is 2.96. The molecule has 5 nitrogen and oxygen atoms in total. The van der Waals surface area contributed by atoms with Gasteiger partial charge in [-0.2, -0.15) is 0 Å². The zero-order valence-corrected chi connectivity index (χ0v) is 17.9. The fourth-order valence-corrected chi connectivity index (χ4v) is 5.61. The molecule has 5 heteroatoms. The number of hydrogen-bond donors (Lipinski definition) is 0. The molecule has 0 spiro atoms. The van der Waals surface area contributed by atoms with Gasteiger partial charge >= 0.3 is 0 Å². The number of nitrogens with zero attached hydrogens (tertiary/aromatic N) is 2. The quantitative estimate of drug-likeness (QED) is 0.459. The van der Waals surface area contributed by atoms with Crippen LogP contribution < -0.4 is 0 Å². The number of fused-ring (bicyclic) bond motifs is 5. The molecule has 0 bridgehead atoms. The first-order valence-corrected chi connectivity index (χ1v) is 11.2. The Morgan fingerprint density at radius 2 is 1.39 bits per heavy atom. The van der Waals surface area contributed by atoms with Crippen molar-refractivity contribution in [1.29, 1.82) is 0 Å². The molecule has 0 aliphatic carbocycles. The molecule has 3 aliphatic rings. The molecule has 2 fully saturated rings. The number of imide groups is 1. The Hall–Kier alpha value is -3.99. The van der Waals surface area contributed by atoms with Gasteiger partial charge in [0.2, 0.25) is 11.8 Å². The molecular weight excluding hydrogens is 412 g/mol. The lowest BCUT2D eigenvalue weighted by Crippen LogP contribution is -2.44. The normalized spacial score (nSPS) is 25.1. The lowest BCUT2D eigenvalue weighted by molar-refractivity contribution is -0.142. The van der Waals surface area contributed by atoms with Crippen LogP contribution in [0.5, 0.6) is 0 Å². The molecule has 0 aromatic heterocycles. The fraction of sp³-hybridized carbons (Fsp3) is 0.179. The Kier molecular flexibility index (Phi) is 4.50. The maximum atomic E-state index is 13.7. The summed E-state index contributed by atoms with van der Waals surface area (Å²) in [6.45, 7) is 0.224. The largest absolute Gasteiger partial charge is 0.358 e. The Balaban J connectivity index is 1.45. The number of carbonyl (C=O) groups excluding carboxylic acids is 3. The molecule has 6 rings (SSSR count). The number of hydrogen-bond acceptors (Lipinski definition) is 4. The van der Waals surface area contributed by atoms with Crippen molar-refractivity contribution < 1.29 is 14.4 Å². The Labute approximate surface area is 191 Å². The maximum Gasteiger partial charge on any atom is 0.236 e. The number of rotatable bonds is 4. The van der Waals surface area contributed by atoms with Crippen LogP contribution in [-0.2, 0) is 16.1 Å². The zero-order valence-electron chi connectivity index (χ0n) is 17.9. The van der Waals surface area contributed by atoms with Gasteiger partial charge in [-0.05, 0) is 22.8 Å². The lowest BCUT2D eigenvalue weighted by atomic mass is 9.83. The maximum absolute atomic E-state index is 13.7. The summed E-state index contributed by atoms with van der Waals surface area (Å²) in [5.74, 6) is -1.89. The van der Waals surface area contributed by atoms with Crippen molar-refractivity contribution in [3.63, 3.8) is 0 Å². The van der Waals surface area contributed by atoms with E-state index in [9.17, 15) is 14.4 Å². The molecule has 3 aromatic carbocycles.